The molecule has 1 atom stereocenters. The van der Waals surface area contributed by atoms with Crippen molar-refractivity contribution in [1.82, 2.24) is 0 Å². The van der Waals surface area contributed by atoms with E-state index in [4.69, 9.17) is 4.84 Å². The number of hydrogen-bond acceptors (Lipinski definition) is 4. The van der Waals surface area contributed by atoms with Crippen molar-refractivity contribution in [3.8, 4) is 0 Å². The van der Waals surface area contributed by atoms with Crippen molar-refractivity contribution >= 4 is 23.3 Å². The van der Waals surface area contributed by atoms with Crippen LogP contribution in [0.5, 0.6) is 0 Å². The van der Waals surface area contributed by atoms with E-state index in [9.17, 15) is 18.0 Å². The number of thiophene rings is 1. The maximum Gasteiger partial charge on any atom is 0.435 e. The second-order valence-corrected chi connectivity index (χ2v) is 5.66. The van der Waals surface area contributed by atoms with Crippen LogP contribution in [0.1, 0.15) is 27.9 Å². The van der Waals surface area contributed by atoms with Gasteiger partial charge in [-0.05, 0) is 22.4 Å². The lowest BCUT2D eigenvalue weighted by molar-refractivity contribution is -0.275. The normalized spacial score (nSPS) is 21.3. The van der Waals surface area contributed by atoms with Crippen LogP contribution in [-0.4, -0.2) is 18.2 Å². The Kier molecular flexibility index (Phi) is 3.52. The second-order valence-electron chi connectivity index (χ2n) is 4.88. The molecule has 0 spiro atoms. The van der Waals surface area contributed by atoms with Crippen LogP contribution in [0.2, 0.25) is 0 Å². The van der Waals surface area contributed by atoms with E-state index in [0.717, 1.165) is 0 Å². The van der Waals surface area contributed by atoms with E-state index in [1.54, 1.807) is 17.5 Å². The average molecular weight is 325 g/mol. The van der Waals surface area contributed by atoms with E-state index >= 15 is 0 Å². The maximum atomic E-state index is 13.5. The molecule has 1 aliphatic rings. The lowest BCUT2D eigenvalue weighted by atomic mass is 9.88. The number of carbonyl (C=O) groups is 1. The van der Waals surface area contributed by atoms with E-state index in [1.165, 1.54) is 34.9 Å². The Morgan fingerprint density at radius 3 is 2.50 bits per heavy atom. The number of hydrogen-bond donors (Lipinski definition) is 0. The van der Waals surface area contributed by atoms with Gasteiger partial charge in [-0.2, -0.15) is 24.5 Å². The third-order valence-electron chi connectivity index (χ3n) is 3.55. The molecule has 3 rings (SSSR count). The summed E-state index contributed by atoms with van der Waals surface area (Å²) in [7, 11) is 0. The van der Waals surface area contributed by atoms with Crippen molar-refractivity contribution in [2.75, 3.05) is 0 Å². The smallest absolute Gasteiger partial charge is 0.374 e. The molecule has 22 heavy (non-hydrogen) atoms. The zero-order valence-corrected chi connectivity index (χ0v) is 11.9. The van der Waals surface area contributed by atoms with Gasteiger partial charge in [-0.3, -0.25) is 4.79 Å². The number of nitrogens with zero attached hydrogens (tertiary/aromatic N) is 1. The molecule has 114 valence electrons. The van der Waals surface area contributed by atoms with Gasteiger partial charge in [0.05, 0.1) is 5.71 Å². The lowest BCUT2D eigenvalue weighted by Gasteiger charge is -2.28. The average Bonchev–Trinajstić information content (AvgIpc) is 3.16. The van der Waals surface area contributed by atoms with Gasteiger partial charge in [0.25, 0.3) is 5.60 Å². The summed E-state index contributed by atoms with van der Waals surface area (Å²) in [6.07, 6.45) is -4.31. The number of rotatable bonds is 3. The molecule has 1 aromatic carbocycles. The molecule has 0 N–H and O–H groups in total. The first-order valence-electron chi connectivity index (χ1n) is 6.36. The summed E-state index contributed by atoms with van der Waals surface area (Å²) >= 11 is 1.17. The minimum atomic E-state index is -4.58. The third-order valence-corrected chi connectivity index (χ3v) is 4.24. The highest BCUT2D eigenvalue weighted by molar-refractivity contribution is 7.08. The first-order chi connectivity index (χ1) is 10.5. The summed E-state index contributed by atoms with van der Waals surface area (Å²) in [5.74, 6) is 0. The van der Waals surface area contributed by atoms with Gasteiger partial charge in [0.15, 0.2) is 0 Å². The number of oxime groups is 1. The number of benzene rings is 1. The molecule has 1 unspecified atom stereocenters. The summed E-state index contributed by atoms with van der Waals surface area (Å²) in [4.78, 5) is 15.5. The van der Waals surface area contributed by atoms with Gasteiger partial charge < -0.3 is 4.84 Å². The minimum Gasteiger partial charge on any atom is -0.374 e. The molecule has 1 aromatic heterocycles. The molecule has 0 aliphatic carbocycles. The monoisotopic (exact) mass is 325 g/mol. The van der Waals surface area contributed by atoms with E-state index in [1.807, 2.05) is 0 Å². The first kappa shape index (κ1) is 14.8. The highest BCUT2D eigenvalue weighted by atomic mass is 32.1. The molecular weight excluding hydrogens is 315 g/mol. The predicted octanol–water partition coefficient (Wildman–Crippen LogP) is 4.14. The largest absolute Gasteiger partial charge is 0.435 e. The summed E-state index contributed by atoms with van der Waals surface area (Å²) in [6, 6.07) is 7.58. The fourth-order valence-corrected chi connectivity index (χ4v) is 3.03. The highest BCUT2D eigenvalue weighted by Crippen LogP contribution is 2.49. The van der Waals surface area contributed by atoms with Crippen molar-refractivity contribution in [3.05, 3.63) is 57.8 Å². The van der Waals surface area contributed by atoms with Gasteiger partial charge in [0, 0.05) is 17.5 Å². The number of alkyl halides is 3. The molecule has 0 saturated carbocycles. The molecule has 0 radical (unpaired) electrons. The highest BCUT2D eigenvalue weighted by Gasteiger charge is 2.62. The summed E-state index contributed by atoms with van der Waals surface area (Å²) in [5.41, 5.74) is -1.23. The zero-order valence-electron chi connectivity index (χ0n) is 11.1. The Morgan fingerprint density at radius 1 is 1.23 bits per heavy atom. The summed E-state index contributed by atoms with van der Waals surface area (Å²) in [5, 5.41) is 6.64. The Hall–Kier alpha value is -2.15. The molecule has 0 fully saturated rings. The van der Waals surface area contributed by atoms with E-state index < -0.39 is 18.2 Å². The number of aldehydes is 1. The number of halogens is 3. The van der Waals surface area contributed by atoms with Crippen LogP contribution >= 0.6 is 11.3 Å². The quantitative estimate of drug-likeness (QED) is 0.796. The van der Waals surface area contributed by atoms with E-state index in [0.29, 0.717) is 17.4 Å². The van der Waals surface area contributed by atoms with Crippen molar-refractivity contribution < 1.29 is 22.8 Å². The molecule has 0 saturated heterocycles. The molecular formula is C15H10F3NO2S. The predicted molar refractivity (Wildman–Crippen MR) is 76.1 cm³/mol. The molecule has 2 heterocycles. The van der Waals surface area contributed by atoms with Crippen molar-refractivity contribution in [1.29, 1.82) is 0 Å². The third kappa shape index (κ3) is 2.31. The van der Waals surface area contributed by atoms with Gasteiger partial charge in [-0.1, -0.05) is 29.4 Å². The van der Waals surface area contributed by atoms with Crippen LogP contribution in [0, 0.1) is 0 Å². The standard InChI is InChI=1S/C15H10F3NO2S/c16-15(17,18)14(12-5-6-22-9-12)7-13(19-21-14)11-3-1-10(8-20)2-4-11/h1-6,8-9H,7H2. The molecule has 0 amide bonds. The Bertz CT molecular complexity index is 707. The van der Waals surface area contributed by atoms with E-state index in [2.05, 4.69) is 5.16 Å². The van der Waals surface area contributed by atoms with Gasteiger partial charge in [0.2, 0.25) is 0 Å². The second kappa shape index (κ2) is 5.24. The molecule has 7 heteroatoms. The Morgan fingerprint density at radius 2 is 1.95 bits per heavy atom. The van der Waals surface area contributed by atoms with Gasteiger partial charge in [0.1, 0.15) is 6.29 Å². The van der Waals surface area contributed by atoms with E-state index in [-0.39, 0.29) is 11.3 Å². The first-order valence-corrected chi connectivity index (χ1v) is 7.31. The van der Waals surface area contributed by atoms with Gasteiger partial charge in [-0.25, -0.2) is 0 Å². The topological polar surface area (TPSA) is 38.7 Å². The van der Waals surface area contributed by atoms with Gasteiger partial charge >= 0.3 is 6.18 Å². The van der Waals surface area contributed by atoms with Crippen molar-refractivity contribution in [2.24, 2.45) is 5.16 Å². The Labute approximate surface area is 128 Å². The van der Waals surface area contributed by atoms with Crippen molar-refractivity contribution in [2.45, 2.75) is 18.2 Å². The Balaban J connectivity index is 1.94. The van der Waals surface area contributed by atoms with Crippen LogP contribution in [-0.2, 0) is 10.4 Å². The van der Waals surface area contributed by atoms with Crippen LogP contribution < -0.4 is 0 Å². The molecule has 2 aromatic rings. The lowest BCUT2D eigenvalue weighted by Crippen LogP contribution is -2.42. The van der Waals surface area contributed by atoms with Crippen LogP contribution in [0.4, 0.5) is 13.2 Å². The van der Waals surface area contributed by atoms with Crippen molar-refractivity contribution in [3.63, 3.8) is 0 Å². The van der Waals surface area contributed by atoms with Crippen LogP contribution in [0.15, 0.2) is 46.2 Å². The fourth-order valence-electron chi connectivity index (χ4n) is 2.31. The zero-order chi connectivity index (χ0) is 15.8. The van der Waals surface area contributed by atoms with Crippen LogP contribution in [0.25, 0.3) is 0 Å². The maximum absolute atomic E-state index is 13.5. The summed E-state index contributed by atoms with van der Waals surface area (Å²) in [6.45, 7) is 0. The van der Waals surface area contributed by atoms with Crippen LogP contribution in [0.3, 0.4) is 0 Å². The molecule has 0 bridgehead atoms. The molecule has 3 nitrogen and oxygen atoms in total. The molecule has 1 aliphatic heterocycles. The SMILES string of the molecule is O=Cc1ccc(C2=NOC(c3ccsc3)(C(F)(F)F)C2)cc1. The minimum absolute atomic E-state index is 0.0493. The fraction of sp³-hybridized carbons (Fsp3) is 0.200. The number of carbonyl (C=O) groups excluding carboxylic acids is 1. The summed E-state index contributed by atoms with van der Waals surface area (Å²) < 4.78 is 40.6. The van der Waals surface area contributed by atoms with Gasteiger partial charge in [-0.15, -0.1) is 0 Å².